The van der Waals surface area contributed by atoms with Crippen LogP contribution >= 0.6 is 0 Å². The summed E-state index contributed by atoms with van der Waals surface area (Å²) in [6, 6.07) is 4.20. The van der Waals surface area contributed by atoms with Gasteiger partial charge in [-0.3, -0.25) is 4.79 Å². The fourth-order valence-electron chi connectivity index (χ4n) is 1.56. The highest BCUT2D eigenvalue weighted by molar-refractivity contribution is 7.89. The minimum Gasteiger partial charge on any atom is -0.480 e. The molecule has 16 heavy (non-hydrogen) atoms. The number of primary sulfonamides is 1. The Balaban J connectivity index is 2.39. The number of hydrogen-bond donors (Lipinski definition) is 2. The zero-order chi connectivity index (χ0) is 11.9. The van der Waals surface area contributed by atoms with Crippen LogP contribution in [-0.2, 0) is 21.2 Å². The lowest BCUT2D eigenvalue weighted by Crippen LogP contribution is -2.31. The average molecular weight is 242 g/mol. The van der Waals surface area contributed by atoms with Gasteiger partial charge in [-0.05, 0) is 23.8 Å². The molecule has 0 aromatic heterocycles. The van der Waals surface area contributed by atoms with Crippen LogP contribution in [0.3, 0.4) is 0 Å². The van der Waals surface area contributed by atoms with Gasteiger partial charge in [0.1, 0.15) is 5.75 Å². The van der Waals surface area contributed by atoms with Crippen molar-refractivity contribution >= 4 is 15.9 Å². The molecular formula is C9H10N2O4S. The van der Waals surface area contributed by atoms with Crippen LogP contribution in [-0.4, -0.2) is 20.4 Å². The molecule has 0 spiro atoms. The van der Waals surface area contributed by atoms with Crippen molar-refractivity contribution in [3.8, 4) is 5.75 Å². The Hall–Kier alpha value is -1.60. The molecule has 1 aromatic carbocycles. The van der Waals surface area contributed by atoms with Crippen molar-refractivity contribution in [3.63, 3.8) is 0 Å². The molecule has 1 heterocycles. The largest absolute Gasteiger partial charge is 0.480 e. The number of carbonyl (C=O) groups excluding carboxylic acids is 1. The highest BCUT2D eigenvalue weighted by Crippen LogP contribution is 2.30. The van der Waals surface area contributed by atoms with E-state index in [1.807, 2.05) is 0 Å². The van der Waals surface area contributed by atoms with Crippen LogP contribution < -0.4 is 15.6 Å². The average Bonchev–Trinajstić information content (AvgIpc) is 2.58. The van der Waals surface area contributed by atoms with Crippen LogP contribution in [0.15, 0.2) is 23.1 Å². The lowest BCUT2D eigenvalue weighted by molar-refractivity contribution is -0.123. The fourth-order valence-corrected chi connectivity index (χ4v) is 2.12. The molecule has 1 aliphatic heterocycles. The van der Waals surface area contributed by atoms with Crippen molar-refractivity contribution in [2.24, 2.45) is 10.9 Å². The quantitative estimate of drug-likeness (QED) is 0.701. The van der Waals surface area contributed by atoms with E-state index in [-0.39, 0.29) is 11.3 Å². The van der Waals surface area contributed by atoms with Crippen molar-refractivity contribution in [1.29, 1.82) is 0 Å². The lowest BCUT2D eigenvalue weighted by Gasteiger charge is -2.04. The first-order valence-electron chi connectivity index (χ1n) is 4.49. The Bertz CT molecular complexity index is 553. The summed E-state index contributed by atoms with van der Waals surface area (Å²) in [6.45, 7) is 0. The molecule has 1 amide bonds. The zero-order valence-corrected chi connectivity index (χ0v) is 9.03. The van der Waals surface area contributed by atoms with Gasteiger partial charge in [-0.1, -0.05) is 0 Å². The number of rotatable bonds is 2. The lowest BCUT2D eigenvalue weighted by atomic mass is 10.1. The van der Waals surface area contributed by atoms with E-state index < -0.39 is 22.0 Å². The molecule has 1 aromatic rings. The van der Waals surface area contributed by atoms with E-state index in [1.54, 1.807) is 0 Å². The van der Waals surface area contributed by atoms with Gasteiger partial charge in [0.05, 0.1) is 4.90 Å². The first-order valence-corrected chi connectivity index (χ1v) is 6.04. The summed E-state index contributed by atoms with van der Waals surface area (Å²) in [5.41, 5.74) is 5.71. The second-order valence-corrected chi connectivity index (χ2v) is 5.09. The third-order valence-electron chi connectivity index (χ3n) is 2.35. The third-order valence-corrected chi connectivity index (χ3v) is 3.26. The van der Waals surface area contributed by atoms with Gasteiger partial charge in [0.2, 0.25) is 10.0 Å². The monoisotopic (exact) mass is 242 g/mol. The number of primary amides is 1. The molecule has 0 saturated carbocycles. The van der Waals surface area contributed by atoms with Gasteiger partial charge in [-0.15, -0.1) is 0 Å². The third kappa shape index (κ3) is 1.86. The van der Waals surface area contributed by atoms with E-state index in [4.69, 9.17) is 15.6 Å². The number of nitrogens with two attached hydrogens (primary N) is 2. The van der Waals surface area contributed by atoms with Crippen LogP contribution in [0.2, 0.25) is 0 Å². The number of sulfonamides is 1. The van der Waals surface area contributed by atoms with Crippen LogP contribution in [0.1, 0.15) is 5.56 Å². The first-order chi connectivity index (χ1) is 7.38. The van der Waals surface area contributed by atoms with E-state index in [9.17, 15) is 13.2 Å². The van der Waals surface area contributed by atoms with Gasteiger partial charge in [0.15, 0.2) is 6.10 Å². The van der Waals surface area contributed by atoms with Crippen molar-refractivity contribution in [1.82, 2.24) is 0 Å². The maximum Gasteiger partial charge on any atom is 0.258 e. The van der Waals surface area contributed by atoms with Crippen molar-refractivity contribution in [3.05, 3.63) is 23.8 Å². The van der Waals surface area contributed by atoms with Crippen LogP contribution in [0.5, 0.6) is 5.75 Å². The van der Waals surface area contributed by atoms with Gasteiger partial charge in [0.25, 0.3) is 5.91 Å². The molecule has 4 N–H and O–H groups in total. The second-order valence-electron chi connectivity index (χ2n) is 3.53. The van der Waals surface area contributed by atoms with Crippen molar-refractivity contribution < 1.29 is 17.9 Å². The summed E-state index contributed by atoms with van der Waals surface area (Å²) >= 11 is 0. The van der Waals surface area contributed by atoms with Gasteiger partial charge >= 0.3 is 0 Å². The predicted molar refractivity (Wildman–Crippen MR) is 55.1 cm³/mol. The summed E-state index contributed by atoms with van der Waals surface area (Å²) in [7, 11) is -3.73. The maximum atomic E-state index is 11.1. The minimum absolute atomic E-state index is 0.0000274. The van der Waals surface area contributed by atoms with Crippen molar-refractivity contribution in [2.75, 3.05) is 0 Å². The molecule has 2 rings (SSSR count). The second kappa shape index (κ2) is 3.46. The van der Waals surface area contributed by atoms with E-state index in [0.717, 1.165) is 0 Å². The van der Waals surface area contributed by atoms with E-state index >= 15 is 0 Å². The van der Waals surface area contributed by atoms with E-state index in [2.05, 4.69) is 0 Å². The Labute approximate surface area is 92.2 Å². The molecule has 1 atom stereocenters. The standard InChI is InChI=1S/C9H10N2O4S/c10-9(12)8-4-5-3-6(16(11,13)14)1-2-7(5)15-8/h1-3,8H,4H2,(H2,10,12)(H2,11,13,14)/t8-/m0/s1. The van der Waals surface area contributed by atoms with Gasteiger partial charge in [0, 0.05) is 6.42 Å². The van der Waals surface area contributed by atoms with Crippen LogP contribution in [0.4, 0.5) is 0 Å². The van der Waals surface area contributed by atoms with Crippen LogP contribution in [0.25, 0.3) is 0 Å². The predicted octanol–water partition coefficient (Wildman–Crippen LogP) is -0.877. The number of hydrogen-bond acceptors (Lipinski definition) is 4. The number of amides is 1. The molecule has 0 unspecified atom stereocenters. The van der Waals surface area contributed by atoms with Gasteiger partial charge in [-0.25, -0.2) is 13.6 Å². The number of ether oxygens (including phenoxy) is 1. The molecule has 6 nitrogen and oxygen atoms in total. The normalized spacial score (nSPS) is 18.9. The molecule has 86 valence electrons. The minimum atomic E-state index is -3.73. The Kier molecular flexibility index (Phi) is 2.36. The smallest absolute Gasteiger partial charge is 0.258 e. The highest BCUT2D eigenvalue weighted by Gasteiger charge is 2.28. The summed E-state index contributed by atoms with van der Waals surface area (Å²) in [6.07, 6.45) is -0.459. The SMILES string of the molecule is NC(=O)[C@@H]1Cc2cc(S(N)(=O)=O)ccc2O1. The summed E-state index contributed by atoms with van der Waals surface area (Å²) in [5.74, 6) is -0.107. The van der Waals surface area contributed by atoms with Crippen LogP contribution in [0, 0.1) is 0 Å². The molecule has 0 saturated heterocycles. The molecule has 1 aliphatic rings. The first kappa shape index (κ1) is 10.9. The Morgan fingerprint density at radius 3 is 2.69 bits per heavy atom. The fraction of sp³-hybridized carbons (Fsp3) is 0.222. The van der Waals surface area contributed by atoms with Gasteiger partial charge < -0.3 is 10.5 Å². The Morgan fingerprint density at radius 1 is 1.44 bits per heavy atom. The molecular weight excluding hydrogens is 232 g/mol. The summed E-state index contributed by atoms with van der Waals surface area (Å²) in [5, 5.41) is 4.99. The van der Waals surface area contributed by atoms with E-state index in [1.165, 1.54) is 18.2 Å². The number of benzene rings is 1. The molecule has 0 radical (unpaired) electrons. The molecule has 0 bridgehead atoms. The summed E-state index contributed by atoms with van der Waals surface area (Å²) in [4.78, 5) is 10.9. The Morgan fingerprint density at radius 2 is 2.12 bits per heavy atom. The van der Waals surface area contributed by atoms with Crippen molar-refractivity contribution in [2.45, 2.75) is 17.4 Å². The number of fused-ring (bicyclic) bond motifs is 1. The number of carbonyl (C=O) groups is 1. The molecule has 0 aliphatic carbocycles. The highest BCUT2D eigenvalue weighted by atomic mass is 32.2. The maximum absolute atomic E-state index is 11.1. The summed E-state index contributed by atoms with van der Waals surface area (Å²) < 4.78 is 27.4. The van der Waals surface area contributed by atoms with E-state index in [0.29, 0.717) is 11.3 Å². The zero-order valence-electron chi connectivity index (χ0n) is 8.21. The molecule has 0 fully saturated rings. The van der Waals surface area contributed by atoms with Gasteiger partial charge in [-0.2, -0.15) is 0 Å². The topological polar surface area (TPSA) is 112 Å². The molecule has 7 heteroatoms.